The molecule has 0 radical (unpaired) electrons. The highest BCUT2D eigenvalue weighted by Gasteiger charge is 2.20. The van der Waals surface area contributed by atoms with Crippen molar-refractivity contribution in [1.29, 1.82) is 0 Å². The molecule has 158 valence electrons. The summed E-state index contributed by atoms with van der Waals surface area (Å²) in [6, 6.07) is 11.8. The van der Waals surface area contributed by atoms with Crippen LogP contribution >= 0.6 is 0 Å². The van der Waals surface area contributed by atoms with Crippen molar-refractivity contribution in [3.05, 3.63) is 71.8 Å². The molecule has 8 heteroatoms. The minimum atomic E-state index is -0.272. The fourth-order valence-electron chi connectivity index (χ4n) is 3.44. The molecule has 0 aliphatic carbocycles. The van der Waals surface area contributed by atoms with Crippen molar-refractivity contribution in [3.8, 4) is 5.75 Å². The highest BCUT2D eigenvalue weighted by molar-refractivity contribution is 5.91. The molecule has 1 N–H and O–H groups in total. The van der Waals surface area contributed by atoms with Gasteiger partial charge >= 0.3 is 0 Å². The fraction of sp³-hybridized carbons (Fsp3) is 0.364. The van der Waals surface area contributed by atoms with E-state index in [9.17, 15) is 4.79 Å². The maximum Gasteiger partial charge on any atom is 0.273 e. The summed E-state index contributed by atoms with van der Waals surface area (Å²) in [5.41, 5.74) is 1.57. The van der Waals surface area contributed by atoms with Gasteiger partial charge in [-0.2, -0.15) is 0 Å². The third-order valence-corrected chi connectivity index (χ3v) is 5.18. The zero-order chi connectivity index (χ0) is 20.8. The monoisotopic (exact) mass is 410 g/mol. The maximum atomic E-state index is 12.2. The van der Waals surface area contributed by atoms with Crippen LogP contribution in [0.5, 0.6) is 5.75 Å². The van der Waals surface area contributed by atoms with Crippen LogP contribution < -0.4 is 10.1 Å². The Balaban J connectivity index is 1.21. The van der Waals surface area contributed by atoms with Gasteiger partial charge in [0.1, 0.15) is 17.8 Å². The number of hydrogen-bond donors (Lipinski definition) is 1. The van der Waals surface area contributed by atoms with Crippen molar-refractivity contribution >= 4 is 5.91 Å². The Morgan fingerprint density at radius 1 is 1.07 bits per heavy atom. The molecule has 1 saturated heterocycles. The summed E-state index contributed by atoms with van der Waals surface area (Å²) < 4.78 is 15.9. The van der Waals surface area contributed by atoms with Crippen LogP contribution in [0.15, 0.2) is 57.8 Å². The first kappa shape index (κ1) is 20.2. The van der Waals surface area contributed by atoms with Crippen molar-refractivity contribution in [2.24, 2.45) is 0 Å². The van der Waals surface area contributed by atoms with Gasteiger partial charge in [-0.1, -0.05) is 12.1 Å². The second-order valence-corrected chi connectivity index (χ2v) is 7.29. The van der Waals surface area contributed by atoms with Crippen molar-refractivity contribution in [3.63, 3.8) is 0 Å². The Kier molecular flexibility index (Phi) is 6.46. The summed E-state index contributed by atoms with van der Waals surface area (Å²) in [6.45, 7) is 5.66. The predicted molar refractivity (Wildman–Crippen MR) is 110 cm³/mol. The first-order valence-electron chi connectivity index (χ1n) is 10.0. The maximum absolute atomic E-state index is 12.2. The molecule has 30 heavy (non-hydrogen) atoms. The molecule has 0 spiro atoms. The number of hydrogen-bond acceptors (Lipinski definition) is 7. The SMILES string of the molecule is COc1ccc(CN2CCN(Cc3nc(C(=O)NCc4ccco4)co3)CC2)cc1. The van der Waals surface area contributed by atoms with Crippen molar-refractivity contribution in [2.45, 2.75) is 19.6 Å². The van der Waals surface area contributed by atoms with Crippen LogP contribution in [0.2, 0.25) is 0 Å². The smallest absolute Gasteiger partial charge is 0.273 e. The molecule has 2 aromatic heterocycles. The minimum absolute atomic E-state index is 0.272. The average Bonchev–Trinajstić information content (AvgIpc) is 3.46. The lowest BCUT2D eigenvalue weighted by atomic mass is 10.2. The molecular weight excluding hydrogens is 384 g/mol. The second kappa shape index (κ2) is 9.60. The first-order chi connectivity index (χ1) is 14.7. The molecule has 0 bridgehead atoms. The number of piperazine rings is 1. The number of carbonyl (C=O) groups is 1. The van der Waals surface area contributed by atoms with Crippen LogP contribution in [0.25, 0.3) is 0 Å². The Hall–Kier alpha value is -3.10. The van der Waals surface area contributed by atoms with Crippen molar-refractivity contribution in [2.75, 3.05) is 33.3 Å². The van der Waals surface area contributed by atoms with Crippen LogP contribution in [0, 0.1) is 0 Å². The van der Waals surface area contributed by atoms with Gasteiger partial charge in [0.2, 0.25) is 5.89 Å². The van der Waals surface area contributed by atoms with E-state index in [-0.39, 0.29) is 11.6 Å². The quantitative estimate of drug-likeness (QED) is 0.611. The summed E-state index contributed by atoms with van der Waals surface area (Å²) in [4.78, 5) is 21.3. The van der Waals surface area contributed by atoms with Gasteiger partial charge in [0.25, 0.3) is 5.91 Å². The lowest BCUT2D eigenvalue weighted by Gasteiger charge is -2.34. The number of amides is 1. The number of rotatable bonds is 8. The summed E-state index contributed by atoms with van der Waals surface area (Å²) in [6.07, 6.45) is 2.99. The van der Waals surface area contributed by atoms with Gasteiger partial charge < -0.3 is 18.9 Å². The normalized spacial score (nSPS) is 15.2. The highest BCUT2D eigenvalue weighted by atomic mass is 16.5. The molecule has 8 nitrogen and oxygen atoms in total. The highest BCUT2D eigenvalue weighted by Crippen LogP contribution is 2.15. The largest absolute Gasteiger partial charge is 0.497 e. The Bertz CT molecular complexity index is 928. The predicted octanol–water partition coefficient (Wildman–Crippen LogP) is 2.52. The van der Waals surface area contributed by atoms with Gasteiger partial charge in [-0.25, -0.2) is 4.98 Å². The Morgan fingerprint density at radius 3 is 2.47 bits per heavy atom. The molecular formula is C22H26N4O4. The molecule has 1 amide bonds. The van der Waals surface area contributed by atoms with Crippen molar-refractivity contribution < 1.29 is 18.4 Å². The molecule has 0 unspecified atom stereocenters. The van der Waals surface area contributed by atoms with E-state index < -0.39 is 0 Å². The zero-order valence-corrected chi connectivity index (χ0v) is 17.0. The average molecular weight is 410 g/mol. The molecule has 1 aromatic carbocycles. The fourth-order valence-corrected chi connectivity index (χ4v) is 3.44. The zero-order valence-electron chi connectivity index (χ0n) is 17.0. The van der Waals surface area contributed by atoms with Gasteiger partial charge in [0, 0.05) is 32.7 Å². The van der Waals surface area contributed by atoms with Crippen molar-refractivity contribution in [1.82, 2.24) is 20.1 Å². The van der Waals surface area contributed by atoms with E-state index in [1.54, 1.807) is 19.4 Å². The molecule has 0 saturated carbocycles. The number of ether oxygens (including phenoxy) is 1. The van der Waals surface area contributed by atoms with E-state index in [2.05, 4.69) is 32.2 Å². The third kappa shape index (κ3) is 5.28. The van der Waals surface area contributed by atoms with Gasteiger partial charge in [0.05, 0.1) is 26.5 Å². The molecule has 0 atom stereocenters. The van der Waals surface area contributed by atoms with E-state index in [0.29, 0.717) is 24.7 Å². The lowest BCUT2D eigenvalue weighted by Crippen LogP contribution is -2.45. The number of nitrogens with one attached hydrogen (secondary N) is 1. The van der Waals surface area contributed by atoms with E-state index in [1.807, 2.05) is 18.2 Å². The Morgan fingerprint density at radius 2 is 1.80 bits per heavy atom. The van der Waals surface area contributed by atoms with Gasteiger partial charge in [0.15, 0.2) is 5.69 Å². The molecule has 4 rings (SSSR count). The van der Waals surface area contributed by atoms with E-state index in [4.69, 9.17) is 13.6 Å². The number of benzene rings is 1. The topological polar surface area (TPSA) is 84.0 Å². The van der Waals surface area contributed by atoms with Crippen LogP contribution in [0.3, 0.4) is 0 Å². The lowest BCUT2D eigenvalue weighted by molar-refractivity contribution is 0.0942. The number of carbonyl (C=O) groups excluding carboxylic acids is 1. The first-order valence-corrected chi connectivity index (χ1v) is 10.0. The summed E-state index contributed by atoms with van der Waals surface area (Å²) in [5.74, 6) is 1.86. The number of nitrogens with zero attached hydrogens (tertiary/aromatic N) is 3. The molecule has 1 aliphatic heterocycles. The Labute approximate surface area is 175 Å². The van der Waals surface area contributed by atoms with Gasteiger partial charge in [-0.05, 0) is 29.8 Å². The van der Waals surface area contributed by atoms with E-state index in [1.165, 1.54) is 11.8 Å². The number of furan rings is 1. The number of methoxy groups -OCH3 is 1. The third-order valence-electron chi connectivity index (χ3n) is 5.18. The summed E-state index contributed by atoms with van der Waals surface area (Å²) >= 11 is 0. The van der Waals surface area contributed by atoms with Gasteiger partial charge in [-0.3, -0.25) is 14.6 Å². The standard InChI is InChI=1S/C22H26N4O4/c1-28-18-6-4-17(5-7-18)14-25-8-10-26(11-9-25)15-21-24-20(16-30-21)22(27)23-13-19-3-2-12-29-19/h2-7,12,16H,8-11,13-15H2,1H3,(H,23,27). The molecule has 3 heterocycles. The number of oxazole rings is 1. The van der Waals surface area contributed by atoms with E-state index in [0.717, 1.165) is 38.5 Å². The number of aromatic nitrogens is 1. The van der Waals surface area contributed by atoms with Crippen LogP contribution in [0.4, 0.5) is 0 Å². The van der Waals surface area contributed by atoms with Crippen LogP contribution in [-0.2, 0) is 19.6 Å². The second-order valence-electron chi connectivity index (χ2n) is 7.29. The summed E-state index contributed by atoms with van der Waals surface area (Å²) in [7, 11) is 1.68. The minimum Gasteiger partial charge on any atom is -0.497 e. The van der Waals surface area contributed by atoms with Crippen LogP contribution in [-0.4, -0.2) is 54.0 Å². The van der Waals surface area contributed by atoms with Crippen LogP contribution in [0.1, 0.15) is 27.7 Å². The summed E-state index contributed by atoms with van der Waals surface area (Å²) in [5, 5.41) is 2.77. The molecule has 1 aliphatic rings. The molecule has 1 fully saturated rings. The van der Waals surface area contributed by atoms with E-state index >= 15 is 0 Å². The molecule has 3 aromatic rings. The van der Waals surface area contributed by atoms with Gasteiger partial charge in [-0.15, -0.1) is 0 Å².